The molecule has 0 spiro atoms. The molecule has 0 unspecified atom stereocenters. The lowest BCUT2D eigenvalue weighted by atomic mass is 10.0. The molecule has 3 fully saturated rings. The molecule has 4 heterocycles. The minimum Gasteiger partial charge on any atom is -0.481 e. The third-order valence-electron chi connectivity index (χ3n) is 16.5. The van der Waals surface area contributed by atoms with Gasteiger partial charge in [0.1, 0.15) is 36.3 Å². The molecule has 4 aliphatic heterocycles. The highest BCUT2D eigenvalue weighted by atomic mass is 32.2. The Labute approximate surface area is 566 Å². The number of carboxylic acids is 3. The van der Waals surface area contributed by atoms with Crippen LogP contribution in [0.4, 0.5) is 4.79 Å². The molecule has 4 aliphatic rings. The molecule has 6 rings (SSSR count). The number of nitrogens with zero attached hydrogens (tertiary/aromatic N) is 5. The number of nitrogens with two attached hydrogens (primary N) is 1. The molecule has 10 amide bonds. The fourth-order valence-corrected chi connectivity index (χ4v) is 14.4. The molecule has 8 atom stereocenters. The minimum atomic E-state index is -1.70. The molecular formula is C63H93N13O16S3. The average Bonchev–Trinajstić information content (AvgIpc) is 1.70. The van der Waals surface area contributed by atoms with E-state index in [-0.39, 0.29) is 75.8 Å². The van der Waals surface area contributed by atoms with Crippen LogP contribution < -0.4 is 43.0 Å². The van der Waals surface area contributed by atoms with Crippen molar-refractivity contribution >= 4 is 106 Å². The second-order valence-corrected chi connectivity index (χ2v) is 27.4. The van der Waals surface area contributed by atoms with Crippen LogP contribution in [0.15, 0.2) is 48.5 Å². The number of carbonyl (C=O) groups excluding carboxylic acids is 9. The molecule has 0 aromatic heterocycles. The molecule has 2 bridgehead atoms. The number of rotatable bonds is 23. The van der Waals surface area contributed by atoms with E-state index in [1.54, 1.807) is 51.9 Å². The Balaban J connectivity index is 1.28. The Morgan fingerprint density at radius 2 is 1.23 bits per heavy atom. The van der Waals surface area contributed by atoms with E-state index >= 15 is 0 Å². The van der Waals surface area contributed by atoms with Crippen molar-refractivity contribution in [3.05, 3.63) is 70.8 Å². The summed E-state index contributed by atoms with van der Waals surface area (Å²) in [6.45, 7) is 6.04. The molecule has 3 saturated heterocycles. The van der Waals surface area contributed by atoms with Crippen LogP contribution in [0.25, 0.3) is 0 Å². The van der Waals surface area contributed by atoms with Crippen LogP contribution in [0.1, 0.15) is 93.9 Å². The van der Waals surface area contributed by atoms with Crippen molar-refractivity contribution in [3.63, 3.8) is 0 Å². The maximum atomic E-state index is 14.8. The number of hydrogen-bond donors (Lipinski definition) is 12. The number of hydrogen-bond acceptors (Lipinski definition) is 19. The summed E-state index contributed by atoms with van der Waals surface area (Å²) < 4.78 is 0. The van der Waals surface area contributed by atoms with Crippen molar-refractivity contribution < 1.29 is 78.0 Å². The predicted molar refractivity (Wildman–Crippen MR) is 357 cm³/mol. The molecule has 0 saturated carbocycles. The molecular weight excluding hydrogens is 1290 g/mol. The Kier molecular flexibility index (Phi) is 32.1. The van der Waals surface area contributed by atoms with Crippen LogP contribution in [-0.2, 0) is 76.4 Å². The quantitative estimate of drug-likeness (QED) is 0.0616. The first-order valence-corrected chi connectivity index (χ1v) is 35.7. The molecule has 95 heavy (non-hydrogen) atoms. The summed E-state index contributed by atoms with van der Waals surface area (Å²) in [6.07, 6.45) is -0.192. The minimum absolute atomic E-state index is 0.0178. The number of primary amides is 1. The van der Waals surface area contributed by atoms with Gasteiger partial charge in [-0.25, -0.2) is 4.79 Å². The number of nitrogens with one attached hydrogen (secondary N) is 7. The number of aliphatic hydroxyl groups excluding tert-OH is 1. The maximum absolute atomic E-state index is 14.8. The van der Waals surface area contributed by atoms with Gasteiger partial charge in [0.2, 0.25) is 47.3 Å². The fraction of sp³-hybridized carbons (Fsp3) is 0.619. The van der Waals surface area contributed by atoms with Gasteiger partial charge in [0.15, 0.2) is 0 Å². The molecule has 524 valence electrons. The number of unbranched alkanes of at least 4 members (excludes halogenated alkanes) is 1. The van der Waals surface area contributed by atoms with Gasteiger partial charge < -0.3 is 73.2 Å². The Morgan fingerprint density at radius 1 is 0.653 bits per heavy atom. The highest BCUT2D eigenvalue weighted by Gasteiger charge is 2.45. The van der Waals surface area contributed by atoms with E-state index < -0.39 is 127 Å². The summed E-state index contributed by atoms with van der Waals surface area (Å²) in [5, 5.41) is 59.3. The highest BCUT2D eigenvalue weighted by molar-refractivity contribution is 7.99. The molecule has 0 aliphatic carbocycles. The lowest BCUT2D eigenvalue weighted by molar-refractivity contribution is -0.147. The average molecular weight is 1380 g/mol. The zero-order chi connectivity index (χ0) is 69.0. The van der Waals surface area contributed by atoms with E-state index in [1.165, 1.54) is 40.2 Å². The molecule has 0 radical (unpaired) electrons. The first-order valence-electron chi connectivity index (χ1n) is 32.3. The zero-order valence-electron chi connectivity index (χ0n) is 54.0. The van der Waals surface area contributed by atoms with Crippen LogP contribution in [-0.4, -0.2) is 267 Å². The monoisotopic (exact) mass is 1380 g/mol. The van der Waals surface area contributed by atoms with Gasteiger partial charge in [0.05, 0.1) is 32.2 Å². The topological polar surface area (TPSA) is 412 Å². The van der Waals surface area contributed by atoms with Gasteiger partial charge in [-0.3, -0.25) is 67.4 Å². The van der Waals surface area contributed by atoms with Crippen molar-refractivity contribution in [2.45, 2.75) is 144 Å². The van der Waals surface area contributed by atoms with Gasteiger partial charge in [0.25, 0.3) is 0 Å². The third-order valence-corrected chi connectivity index (χ3v) is 19.8. The Hall–Kier alpha value is -7.23. The smallest absolute Gasteiger partial charge is 0.317 e. The summed E-state index contributed by atoms with van der Waals surface area (Å²) in [4.78, 5) is 170. The molecule has 2 aromatic rings. The van der Waals surface area contributed by atoms with E-state index in [2.05, 4.69) is 37.2 Å². The van der Waals surface area contributed by atoms with Gasteiger partial charge in [-0.05, 0) is 67.7 Å². The number of fused-ring (bicyclic) bond motifs is 4. The fourth-order valence-electron chi connectivity index (χ4n) is 11.7. The zero-order valence-corrected chi connectivity index (χ0v) is 56.4. The number of carbonyl (C=O) groups is 12. The Morgan fingerprint density at radius 3 is 1.82 bits per heavy atom. The van der Waals surface area contributed by atoms with Gasteiger partial charge in [-0.15, -0.1) is 0 Å². The number of amides is 10. The van der Waals surface area contributed by atoms with Crippen LogP contribution in [0, 0.1) is 0 Å². The van der Waals surface area contributed by atoms with E-state index in [9.17, 15) is 78.0 Å². The lowest BCUT2D eigenvalue weighted by Crippen LogP contribution is -2.61. The number of thioether (sulfide) groups is 3. The van der Waals surface area contributed by atoms with Crippen LogP contribution in [0.3, 0.4) is 0 Å². The largest absolute Gasteiger partial charge is 0.481 e. The summed E-state index contributed by atoms with van der Waals surface area (Å²) in [5.74, 6) is -7.00. The number of benzene rings is 2. The molecule has 29 nitrogen and oxygen atoms in total. The van der Waals surface area contributed by atoms with Crippen molar-refractivity contribution in [1.82, 2.24) is 61.7 Å². The normalized spacial score (nSPS) is 23.5. The van der Waals surface area contributed by atoms with E-state index in [4.69, 9.17) is 5.73 Å². The van der Waals surface area contributed by atoms with Gasteiger partial charge in [0, 0.05) is 119 Å². The molecule has 13 N–H and O–H groups in total. The highest BCUT2D eigenvalue weighted by Crippen LogP contribution is 2.28. The van der Waals surface area contributed by atoms with Crippen molar-refractivity contribution in [2.24, 2.45) is 5.73 Å². The van der Waals surface area contributed by atoms with E-state index in [0.29, 0.717) is 100 Å². The van der Waals surface area contributed by atoms with Gasteiger partial charge in [-0.1, -0.05) is 61.9 Å². The summed E-state index contributed by atoms with van der Waals surface area (Å²) in [6, 6.07) is 5.20. The van der Waals surface area contributed by atoms with Crippen molar-refractivity contribution in [3.8, 4) is 0 Å². The van der Waals surface area contributed by atoms with Crippen LogP contribution in [0.2, 0.25) is 0 Å². The number of urea groups is 1. The van der Waals surface area contributed by atoms with Crippen molar-refractivity contribution in [1.29, 1.82) is 0 Å². The number of aliphatic carboxylic acids is 3. The molecule has 2 aromatic carbocycles. The third kappa shape index (κ3) is 26.4. The molecule has 32 heteroatoms. The lowest BCUT2D eigenvalue weighted by Gasteiger charge is -2.33. The Bertz CT molecular complexity index is 2950. The number of aliphatic hydroxyl groups is 1. The van der Waals surface area contributed by atoms with Crippen LogP contribution >= 0.6 is 35.3 Å². The number of carboxylic acid groups (broad SMARTS) is 3. The predicted octanol–water partition coefficient (Wildman–Crippen LogP) is -0.642. The second kappa shape index (κ2) is 39.7. The standard InChI is InChI=1S/C63H93N13O16S3/c1-3-4-16-66-63(92)70-48-39-95-37-44-28-42(35-93-26-17-65-52(79)32-72-20-22-73(33-54(82)83)24-25-74(23-21-72)34-55(84)85)27-43(29-44)36-94-38-45(31-53(80)81)67-58(87)47(30-41-10-6-5-7-11-41)69-57(86)46(14-15-51(64)78)68-60(89)56(40(2)77)71-59(88)49-12-8-18-75(49)62(91)50-13-9-19-76(50)61(48)90/h5-7,10-11,27-29,40,45-50,56,77H,3-4,8-9,12-26,30-39H2,1-2H3,(H2,64,78)(H,65,79)(H,67,87)(H,68,89)(H,69,86)(H,71,88)(H,80,81)(H,82,83)(H,84,85)(H2,66,70,92)/t40-,45-,46+,47+,48+,49+,50+,56+/m1/s1. The SMILES string of the molecule is CCCCNC(=O)N[C@H]1CSCc2cc(CSCCNC(=O)CN3CCN(CC(=O)O)CCN(CC(=O)O)CC3)cc(c2)CSC[C@@H](CC(=O)O)NC(=O)[C@H](Cc2ccccc2)NC(=O)[C@H](CCC(N)=O)NC(=O)[C@H]([C@@H](C)O)NC(=O)[C@@H]2CCCN2C(=O)[C@@H]2CCCN2C1=O. The maximum Gasteiger partial charge on any atom is 0.317 e. The van der Waals surface area contributed by atoms with E-state index in [1.807, 2.05) is 30.0 Å². The van der Waals surface area contributed by atoms with Gasteiger partial charge >= 0.3 is 23.9 Å². The van der Waals surface area contributed by atoms with Crippen LogP contribution in [0.5, 0.6) is 0 Å². The first-order chi connectivity index (χ1) is 45.5. The second-order valence-electron chi connectivity index (χ2n) is 24.2. The van der Waals surface area contributed by atoms with E-state index in [0.717, 1.165) is 23.1 Å². The summed E-state index contributed by atoms with van der Waals surface area (Å²) in [5.41, 5.74) is 8.71. The first kappa shape index (κ1) is 76.8. The van der Waals surface area contributed by atoms with Crippen molar-refractivity contribution in [2.75, 3.05) is 102 Å². The summed E-state index contributed by atoms with van der Waals surface area (Å²) in [7, 11) is 0. The van der Waals surface area contributed by atoms with Gasteiger partial charge in [-0.2, -0.15) is 35.3 Å². The summed E-state index contributed by atoms with van der Waals surface area (Å²) >= 11 is 4.27.